The summed E-state index contributed by atoms with van der Waals surface area (Å²) in [6, 6.07) is 14.6. The molecule has 0 aliphatic carbocycles. The maximum atomic E-state index is 11.6. The average molecular weight is 320 g/mol. The fourth-order valence-electron chi connectivity index (χ4n) is 2.62. The van der Waals surface area contributed by atoms with Crippen LogP contribution in [0.2, 0.25) is 0 Å². The molecule has 0 fully saturated rings. The molecule has 3 rings (SSSR count). The van der Waals surface area contributed by atoms with Gasteiger partial charge in [0.1, 0.15) is 5.75 Å². The molecule has 0 unspecified atom stereocenters. The zero-order valence-electron chi connectivity index (χ0n) is 13.7. The number of hydrogen-bond donors (Lipinski definition) is 0. The Kier molecular flexibility index (Phi) is 4.47. The minimum atomic E-state index is -1.20. The number of ether oxygens (including phenoxy) is 1. The molecule has 0 N–H and O–H groups in total. The maximum Gasteiger partial charge on any atom is 0.119 e. The number of carboxylic acid groups (broad SMARTS) is 1. The molecule has 0 amide bonds. The molecule has 24 heavy (non-hydrogen) atoms. The zero-order chi connectivity index (χ0) is 17.1. The molecule has 0 saturated carbocycles. The van der Waals surface area contributed by atoms with E-state index in [2.05, 4.69) is 4.98 Å². The van der Waals surface area contributed by atoms with Crippen LogP contribution >= 0.6 is 0 Å². The number of hydrogen-bond acceptors (Lipinski definition) is 4. The van der Waals surface area contributed by atoms with Crippen LogP contribution in [0.4, 0.5) is 0 Å². The minimum Gasteiger partial charge on any atom is -0.545 e. The van der Waals surface area contributed by atoms with E-state index in [0.717, 1.165) is 23.3 Å². The first-order chi connectivity index (χ1) is 11.6. The van der Waals surface area contributed by atoms with Gasteiger partial charge >= 0.3 is 0 Å². The standard InChI is InChI=1S/C20H19NO3/c1-3-9-24-15-6-4-5-14(11-15)19-12-17(20(22)23)16-10-13(2)7-8-18(16)21-19/h4-8,10-12H,3,9H2,1-2H3,(H,22,23)/p-1. The van der Waals surface area contributed by atoms with Crippen LogP contribution in [-0.2, 0) is 0 Å². The van der Waals surface area contributed by atoms with E-state index in [0.29, 0.717) is 23.2 Å². The van der Waals surface area contributed by atoms with Gasteiger partial charge in [-0.2, -0.15) is 0 Å². The number of rotatable bonds is 5. The molecule has 4 heteroatoms. The van der Waals surface area contributed by atoms with E-state index in [1.807, 2.05) is 56.3 Å². The number of pyridine rings is 1. The third-order valence-corrected chi connectivity index (χ3v) is 3.79. The summed E-state index contributed by atoms with van der Waals surface area (Å²) in [5.74, 6) is -0.456. The summed E-state index contributed by atoms with van der Waals surface area (Å²) < 4.78 is 5.64. The first-order valence-electron chi connectivity index (χ1n) is 7.94. The van der Waals surface area contributed by atoms with E-state index in [1.165, 1.54) is 0 Å². The Balaban J connectivity index is 2.13. The molecule has 2 aromatic carbocycles. The van der Waals surface area contributed by atoms with Crippen molar-refractivity contribution < 1.29 is 14.6 Å². The quantitative estimate of drug-likeness (QED) is 0.723. The molecule has 0 atom stereocenters. The predicted octanol–water partition coefficient (Wildman–Crippen LogP) is 3.36. The van der Waals surface area contributed by atoms with Crippen molar-refractivity contribution in [3.05, 3.63) is 59.7 Å². The molecule has 1 heterocycles. The lowest BCUT2D eigenvalue weighted by Crippen LogP contribution is -2.22. The minimum absolute atomic E-state index is 0.151. The van der Waals surface area contributed by atoms with Crippen LogP contribution in [0.3, 0.4) is 0 Å². The first kappa shape index (κ1) is 16.0. The number of benzene rings is 2. The van der Waals surface area contributed by atoms with Gasteiger partial charge in [0.2, 0.25) is 0 Å². The summed E-state index contributed by atoms with van der Waals surface area (Å²) >= 11 is 0. The van der Waals surface area contributed by atoms with Gasteiger partial charge < -0.3 is 14.6 Å². The van der Waals surface area contributed by atoms with E-state index in [9.17, 15) is 9.90 Å². The molecule has 1 aromatic heterocycles. The monoisotopic (exact) mass is 320 g/mol. The Morgan fingerprint density at radius 2 is 2.00 bits per heavy atom. The maximum absolute atomic E-state index is 11.6. The molecule has 0 spiro atoms. The highest BCUT2D eigenvalue weighted by Gasteiger charge is 2.09. The van der Waals surface area contributed by atoms with Crippen LogP contribution in [0.1, 0.15) is 29.3 Å². The van der Waals surface area contributed by atoms with Gasteiger partial charge in [0, 0.05) is 16.5 Å². The van der Waals surface area contributed by atoms with Gasteiger partial charge in [-0.15, -0.1) is 0 Å². The summed E-state index contributed by atoms with van der Waals surface area (Å²) in [6.45, 7) is 4.60. The van der Waals surface area contributed by atoms with Gasteiger partial charge in [0.25, 0.3) is 0 Å². The summed E-state index contributed by atoms with van der Waals surface area (Å²) in [4.78, 5) is 16.2. The van der Waals surface area contributed by atoms with Gasteiger partial charge in [-0.25, -0.2) is 4.98 Å². The molecule has 4 nitrogen and oxygen atoms in total. The van der Waals surface area contributed by atoms with E-state index in [4.69, 9.17) is 4.74 Å². The largest absolute Gasteiger partial charge is 0.545 e. The number of nitrogens with zero attached hydrogens (tertiary/aromatic N) is 1. The Morgan fingerprint density at radius 3 is 2.75 bits per heavy atom. The van der Waals surface area contributed by atoms with Crippen molar-refractivity contribution in [3.63, 3.8) is 0 Å². The molecule has 0 saturated heterocycles. The molecule has 3 aromatic rings. The highest BCUT2D eigenvalue weighted by Crippen LogP contribution is 2.27. The molecular weight excluding hydrogens is 302 g/mol. The van der Waals surface area contributed by atoms with E-state index >= 15 is 0 Å². The third kappa shape index (κ3) is 3.23. The summed E-state index contributed by atoms with van der Waals surface area (Å²) in [7, 11) is 0. The van der Waals surface area contributed by atoms with Crippen LogP contribution in [0.15, 0.2) is 48.5 Å². The number of carboxylic acids is 1. The van der Waals surface area contributed by atoms with Crippen molar-refractivity contribution in [2.75, 3.05) is 6.61 Å². The predicted molar refractivity (Wildman–Crippen MR) is 92.0 cm³/mol. The van der Waals surface area contributed by atoms with Crippen molar-refractivity contribution in [2.24, 2.45) is 0 Å². The average Bonchev–Trinajstić information content (AvgIpc) is 2.59. The van der Waals surface area contributed by atoms with Gasteiger partial charge in [-0.05, 0) is 43.7 Å². The molecule has 0 aliphatic rings. The highest BCUT2D eigenvalue weighted by atomic mass is 16.5. The van der Waals surface area contributed by atoms with Crippen LogP contribution in [-0.4, -0.2) is 17.6 Å². The first-order valence-corrected chi connectivity index (χ1v) is 7.94. The SMILES string of the molecule is CCCOc1cccc(-c2cc(C(=O)[O-])c3cc(C)ccc3n2)c1. The lowest BCUT2D eigenvalue weighted by molar-refractivity contribution is -0.254. The van der Waals surface area contributed by atoms with Crippen molar-refractivity contribution >= 4 is 16.9 Å². The van der Waals surface area contributed by atoms with Crippen molar-refractivity contribution in [1.82, 2.24) is 4.98 Å². The Hall–Kier alpha value is -2.88. The van der Waals surface area contributed by atoms with Gasteiger partial charge in [-0.1, -0.05) is 30.7 Å². The third-order valence-electron chi connectivity index (χ3n) is 3.79. The van der Waals surface area contributed by atoms with Crippen molar-refractivity contribution in [1.29, 1.82) is 0 Å². The lowest BCUT2D eigenvalue weighted by Gasteiger charge is -2.12. The van der Waals surface area contributed by atoms with Crippen molar-refractivity contribution in [2.45, 2.75) is 20.3 Å². The van der Waals surface area contributed by atoms with Crippen molar-refractivity contribution in [3.8, 4) is 17.0 Å². The number of aromatic carboxylic acids is 1. The number of carbonyl (C=O) groups excluding carboxylic acids is 1. The molecule has 122 valence electrons. The normalized spacial score (nSPS) is 10.8. The Labute approximate surface area is 140 Å². The number of aryl methyl sites for hydroxylation is 1. The second kappa shape index (κ2) is 6.71. The Morgan fingerprint density at radius 1 is 1.17 bits per heavy atom. The summed E-state index contributed by atoms with van der Waals surface area (Å²) in [5, 5.41) is 12.1. The van der Waals surface area contributed by atoms with Crippen LogP contribution in [0.25, 0.3) is 22.2 Å². The van der Waals surface area contributed by atoms with Crippen LogP contribution < -0.4 is 9.84 Å². The van der Waals surface area contributed by atoms with Gasteiger partial charge in [0.05, 0.1) is 23.8 Å². The van der Waals surface area contributed by atoms with E-state index in [-0.39, 0.29) is 5.56 Å². The molecule has 0 bridgehead atoms. The lowest BCUT2D eigenvalue weighted by atomic mass is 10.0. The summed E-state index contributed by atoms with van der Waals surface area (Å²) in [5.41, 5.74) is 3.17. The molecule has 0 aliphatic heterocycles. The van der Waals surface area contributed by atoms with Crippen LogP contribution in [0, 0.1) is 6.92 Å². The van der Waals surface area contributed by atoms with E-state index in [1.54, 1.807) is 6.07 Å². The second-order valence-corrected chi connectivity index (χ2v) is 5.74. The molecular formula is C20H18NO3-. The second-order valence-electron chi connectivity index (χ2n) is 5.74. The molecule has 0 radical (unpaired) electrons. The fourth-order valence-corrected chi connectivity index (χ4v) is 2.62. The highest BCUT2D eigenvalue weighted by molar-refractivity contribution is 6.03. The zero-order valence-corrected chi connectivity index (χ0v) is 13.7. The number of aromatic nitrogens is 1. The van der Waals surface area contributed by atoms with E-state index < -0.39 is 5.97 Å². The smallest absolute Gasteiger partial charge is 0.119 e. The topological polar surface area (TPSA) is 62.2 Å². The van der Waals surface area contributed by atoms with Crippen LogP contribution in [0.5, 0.6) is 5.75 Å². The number of carbonyl (C=O) groups is 1. The van der Waals surface area contributed by atoms with Gasteiger partial charge in [-0.3, -0.25) is 0 Å². The van der Waals surface area contributed by atoms with Gasteiger partial charge in [0.15, 0.2) is 0 Å². The number of fused-ring (bicyclic) bond motifs is 1. The summed E-state index contributed by atoms with van der Waals surface area (Å²) in [6.07, 6.45) is 0.923. The fraction of sp³-hybridized carbons (Fsp3) is 0.200. The Bertz CT molecular complexity index is 903.